The van der Waals surface area contributed by atoms with Crippen LogP contribution in [0.3, 0.4) is 0 Å². The van der Waals surface area contributed by atoms with E-state index in [9.17, 15) is 9.59 Å². The zero-order valence-electron chi connectivity index (χ0n) is 15.3. The van der Waals surface area contributed by atoms with Gasteiger partial charge in [-0.3, -0.25) is 4.79 Å². The van der Waals surface area contributed by atoms with Crippen molar-refractivity contribution in [1.82, 2.24) is 0 Å². The summed E-state index contributed by atoms with van der Waals surface area (Å²) in [6, 6.07) is 0. The molecule has 0 bridgehead atoms. The lowest BCUT2D eigenvalue weighted by Gasteiger charge is -2.44. The molecular weight excluding hydrogens is 304 g/mol. The van der Waals surface area contributed by atoms with Crippen LogP contribution in [0.5, 0.6) is 0 Å². The van der Waals surface area contributed by atoms with Gasteiger partial charge >= 0.3 is 11.9 Å². The lowest BCUT2D eigenvalue weighted by atomic mass is 9.63. The number of rotatable bonds is 6. The van der Waals surface area contributed by atoms with Gasteiger partial charge < -0.3 is 9.47 Å². The Morgan fingerprint density at radius 2 is 2.21 bits per heavy atom. The van der Waals surface area contributed by atoms with Crippen LogP contribution in [0.15, 0.2) is 23.8 Å². The first-order valence-electron chi connectivity index (χ1n) is 9.09. The van der Waals surface area contributed by atoms with Gasteiger partial charge in [-0.2, -0.15) is 0 Å². The van der Waals surface area contributed by atoms with E-state index in [0.717, 1.165) is 32.1 Å². The van der Waals surface area contributed by atoms with Crippen LogP contribution in [-0.2, 0) is 19.1 Å². The minimum absolute atomic E-state index is 0.0391. The lowest BCUT2D eigenvalue weighted by molar-refractivity contribution is -0.153. The summed E-state index contributed by atoms with van der Waals surface area (Å²) in [6.45, 7) is 8.24. The molecule has 0 spiro atoms. The van der Waals surface area contributed by atoms with Gasteiger partial charge in [0.15, 0.2) is 0 Å². The maximum Gasteiger partial charge on any atom is 0.330 e. The highest BCUT2D eigenvalue weighted by atomic mass is 16.5. The topological polar surface area (TPSA) is 52.6 Å². The van der Waals surface area contributed by atoms with E-state index in [1.54, 1.807) is 6.92 Å². The van der Waals surface area contributed by atoms with Gasteiger partial charge in [0.05, 0.1) is 6.61 Å². The minimum atomic E-state index is -0.276. The number of carbonyl (C=O) groups is 2. The van der Waals surface area contributed by atoms with E-state index >= 15 is 0 Å². The van der Waals surface area contributed by atoms with Gasteiger partial charge in [-0.15, -0.1) is 0 Å². The summed E-state index contributed by atoms with van der Waals surface area (Å²) in [5.41, 5.74) is 1.56. The van der Waals surface area contributed by atoms with Crippen LogP contribution in [0.1, 0.15) is 59.8 Å². The molecule has 0 heterocycles. The molecule has 0 amide bonds. The number of fused-ring (bicyclic) bond motifs is 1. The van der Waals surface area contributed by atoms with Gasteiger partial charge in [-0.25, -0.2) is 4.79 Å². The average molecular weight is 334 g/mol. The van der Waals surface area contributed by atoms with Crippen LogP contribution in [-0.4, -0.2) is 24.6 Å². The van der Waals surface area contributed by atoms with E-state index in [0.29, 0.717) is 18.4 Å². The molecule has 0 aliphatic heterocycles. The second-order valence-corrected chi connectivity index (χ2v) is 7.25. The minimum Gasteiger partial charge on any atom is -0.463 e. The zero-order valence-corrected chi connectivity index (χ0v) is 15.3. The number of hydrogen-bond donors (Lipinski definition) is 0. The summed E-state index contributed by atoms with van der Waals surface area (Å²) in [5, 5.41) is 0. The molecule has 0 aromatic heterocycles. The van der Waals surface area contributed by atoms with Crippen molar-refractivity contribution in [2.24, 2.45) is 17.3 Å². The largest absolute Gasteiger partial charge is 0.463 e. The average Bonchev–Trinajstić information content (AvgIpc) is 2.85. The van der Waals surface area contributed by atoms with Gasteiger partial charge in [0.2, 0.25) is 0 Å². The first-order valence-corrected chi connectivity index (χ1v) is 9.09. The molecule has 2 aliphatic carbocycles. The number of hydrogen-bond acceptors (Lipinski definition) is 4. The van der Waals surface area contributed by atoms with Gasteiger partial charge in [-0.05, 0) is 50.4 Å². The van der Waals surface area contributed by atoms with Crippen LogP contribution in [0.25, 0.3) is 0 Å². The highest BCUT2D eigenvalue weighted by Crippen LogP contribution is 2.55. The number of allylic oxidation sites excluding steroid dienone is 3. The first kappa shape index (κ1) is 18.8. The summed E-state index contributed by atoms with van der Waals surface area (Å²) in [6.07, 6.45) is 10.8. The Hall–Kier alpha value is -1.58. The summed E-state index contributed by atoms with van der Waals surface area (Å²) in [4.78, 5) is 22.8. The highest BCUT2D eigenvalue weighted by molar-refractivity contribution is 5.81. The van der Waals surface area contributed by atoms with Crippen molar-refractivity contribution in [3.8, 4) is 0 Å². The Morgan fingerprint density at radius 3 is 2.88 bits per heavy atom. The Morgan fingerprint density at radius 1 is 1.46 bits per heavy atom. The van der Waals surface area contributed by atoms with Crippen molar-refractivity contribution in [2.75, 3.05) is 6.61 Å². The molecule has 4 atom stereocenters. The molecule has 4 nitrogen and oxygen atoms in total. The Balaban J connectivity index is 2.01. The smallest absolute Gasteiger partial charge is 0.330 e. The first-order chi connectivity index (χ1) is 11.4. The molecule has 2 aliphatic rings. The quantitative estimate of drug-likeness (QED) is 0.415. The number of ether oxygens (including phenoxy) is 2. The normalized spacial score (nSPS) is 30.6. The number of esters is 2. The third-order valence-corrected chi connectivity index (χ3v) is 5.58. The molecule has 0 N–H and O–H groups in total. The lowest BCUT2D eigenvalue weighted by Crippen LogP contribution is -2.41. The summed E-state index contributed by atoms with van der Waals surface area (Å²) in [7, 11) is 0. The van der Waals surface area contributed by atoms with E-state index in [2.05, 4.69) is 19.9 Å². The SMILES string of the molecule is CCOC(=O)/C=C/C[C@H](C)C1=CC[C@H]2[C@@H](OC(C)=O)CCC[C@]12C. The van der Waals surface area contributed by atoms with E-state index < -0.39 is 0 Å². The molecule has 0 saturated heterocycles. The molecule has 2 rings (SSSR count). The second-order valence-electron chi connectivity index (χ2n) is 7.25. The molecule has 134 valence electrons. The van der Waals surface area contributed by atoms with Crippen LogP contribution < -0.4 is 0 Å². The third kappa shape index (κ3) is 4.08. The predicted octanol–water partition coefficient (Wildman–Crippen LogP) is 4.20. The van der Waals surface area contributed by atoms with Gasteiger partial charge in [0.25, 0.3) is 0 Å². The monoisotopic (exact) mass is 334 g/mol. The second kappa shape index (κ2) is 8.00. The molecular formula is C20H30O4. The fraction of sp³-hybridized carbons (Fsp3) is 0.700. The Kier molecular flexibility index (Phi) is 6.25. The molecule has 24 heavy (non-hydrogen) atoms. The van der Waals surface area contributed by atoms with Crippen molar-refractivity contribution in [3.05, 3.63) is 23.8 Å². The van der Waals surface area contributed by atoms with E-state index in [1.807, 2.05) is 6.08 Å². The summed E-state index contributed by atoms with van der Waals surface area (Å²) in [5.74, 6) is 0.313. The third-order valence-electron chi connectivity index (χ3n) is 5.58. The van der Waals surface area contributed by atoms with Gasteiger partial charge in [-0.1, -0.05) is 31.6 Å². The van der Waals surface area contributed by atoms with Gasteiger partial charge in [0.1, 0.15) is 6.10 Å². The van der Waals surface area contributed by atoms with Crippen LogP contribution in [0, 0.1) is 17.3 Å². The van der Waals surface area contributed by atoms with Gasteiger partial charge in [0, 0.05) is 18.9 Å². The maximum absolute atomic E-state index is 11.4. The maximum atomic E-state index is 11.4. The van der Waals surface area contributed by atoms with Crippen molar-refractivity contribution in [1.29, 1.82) is 0 Å². The van der Waals surface area contributed by atoms with Crippen molar-refractivity contribution < 1.29 is 19.1 Å². The highest BCUT2D eigenvalue weighted by Gasteiger charge is 2.49. The molecule has 1 saturated carbocycles. The predicted molar refractivity (Wildman–Crippen MR) is 93.3 cm³/mol. The standard InChI is InChI=1S/C20H30O4/c1-5-23-19(22)10-6-8-14(2)16-11-12-17-18(24-15(3)21)9-7-13-20(16,17)4/h6,10-11,14,17-18H,5,7-9,12-13H2,1-4H3/b10-6+/t14-,17-,18-,20+/m0/s1. The summed E-state index contributed by atoms with van der Waals surface area (Å²) >= 11 is 0. The zero-order chi connectivity index (χ0) is 17.7. The molecule has 0 aromatic carbocycles. The van der Waals surface area contributed by atoms with Crippen LogP contribution in [0.2, 0.25) is 0 Å². The van der Waals surface area contributed by atoms with E-state index in [1.165, 1.54) is 18.6 Å². The van der Waals surface area contributed by atoms with Crippen molar-refractivity contribution >= 4 is 11.9 Å². The van der Waals surface area contributed by atoms with Crippen molar-refractivity contribution in [2.45, 2.75) is 65.9 Å². The molecule has 0 radical (unpaired) electrons. The summed E-state index contributed by atoms with van der Waals surface area (Å²) < 4.78 is 10.5. The van der Waals surface area contributed by atoms with Crippen molar-refractivity contribution in [3.63, 3.8) is 0 Å². The fourth-order valence-corrected chi connectivity index (χ4v) is 4.53. The Bertz CT molecular complexity index is 534. The molecule has 0 unspecified atom stereocenters. The number of carbonyl (C=O) groups excluding carboxylic acids is 2. The van der Waals surface area contributed by atoms with E-state index in [-0.39, 0.29) is 23.5 Å². The fourth-order valence-electron chi connectivity index (χ4n) is 4.53. The van der Waals surface area contributed by atoms with Crippen LogP contribution in [0.4, 0.5) is 0 Å². The Labute approximate surface area is 145 Å². The molecule has 4 heteroatoms. The van der Waals surface area contributed by atoms with Crippen LogP contribution >= 0.6 is 0 Å². The van der Waals surface area contributed by atoms with E-state index in [4.69, 9.17) is 9.47 Å². The molecule has 0 aromatic rings. The molecule has 1 fully saturated rings.